The summed E-state index contributed by atoms with van der Waals surface area (Å²) in [5.74, 6) is -0.119. The van der Waals surface area contributed by atoms with Crippen LogP contribution in [-0.2, 0) is 4.79 Å². The Morgan fingerprint density at radius 2 is 2.00 bits per heavy atom. The normalized spacial score (nSPS) is 14.7. The molecular weight excluding hydrogens is 250 g/mol. The average Bonchev–Trinajstić information content (AvgIpc) is 2.33. The molecule has 0 bridgehead atoms. The fourth-order valence-corrected chi connectivity index (χ4v) is 2.44. The molecule has 1 rings (SSSR count). The van der Waals surface area contributed by atoms with Crippen LogP contribution >= 0.6 is 0 Å². The maximum atomic E-state index is 12.2. The third kappa shape index (κ3) is 5.33. The fourth-order valence-electron chi connectivity index (χ4n) is 2.44. The molecule has 1 amide bonds. The molecule has 0 saturated carbocycles. The van der Waals surface area contributed by atoms with Gasteiger partial charge in [0.1, 0.15) is 0 Å². The van der Waals surface area contributed by atoms with E-state index in [0.717, 1.165) is 11.1 Å². The zero-order valence-corrected chi connectivity index (χ0v) is 13.2. The number of aliphatic hydroxyl groups is 1. The lowest BCUT2D eigenvalue weighted by Gasteiger charge is -2.27. The molecule has 1 aromatic carbocycles. The summed E-state index contributed by atoms with van der Waals surface area (Å²) in [5, 5.41) is 12.5. The molecule has 0 aliphatic heterocycles. The molecule has 0 radical (unpaired) electrons. The Balaban J connectivity index is 2.58. The topological polar surface area (TPSA) is 49.3 Å². The van der Waals surface area contributed by atoms with Crippen molar-refractivity contribution in [1.29, 1.82) is 0 Å². The molecule has 0 fully saturated rings. The van der Waals surface area contributed by atoms with Crippen LogP contribution in [0.25, 0.3) is 0 Å². The minimum atomic E-state index is -0.351. The van der Waals surface area contributed by atoms with Gasteiger partial charge in [-0.1, -0.05) is 43.7 Å². The Hall–Kier alpha value is -1.35. The summed E-state index contributed by atoms with van der Waals surface area (Å²) in [6.45, 7) is 10.4. The van der Waals surface area contributed by atoms with Crippen molar-refractivity contribution >= 4 is 5.91 Å². The Labute approximate surface area is 122 Å². The number of carbonyl (C=O) groups excluding carboxylic acids is 1. The Kier molecular flexibility index (Phi) is 5.75. The van der Waals surface area contributed by atoms with E-state index in [1.807, 2.05) is 38.1 Å². The minimum absolute atomic E-state index is 0.0364. The summed E-state index contributed by atoms with van der Waals surface area (Å²) in [4.78, 5) is 12.2. The lowest BCUT2D eigenvalue weighted by Crippen LogP contribution is -2.37. The molecular formula is C17H27NO2. The van der Waals surface area contributed by atoms with E-state index in [4.69, 9.17) is 0 Å². The average molecular weight is 277 g/mol. The molecule has 20 heavy (non-hydrogen) atoms. The van der Waals surface area contributed by atoms with Gasteiger partial charge in [0.05, 0.1) is 12.0 Å². The number of carbonyl (C=O) groups is 1. The molecule has 3 nitrogen and oxygen atoms in total. The summed E-state index contributed by atoms with van der Waals surface area (Å²) in [5.41, 5.74) is 2.10. The molecule has 2 N–H and O–H groups in total. The zero-order chi connectivity index (χ0) is 15.3. The SMILES string of the molecule is Cc1cccc(C(C)C(=O)NCC(C)(C)CC(C)O)c1. The van der Waals surface area contributed by atoms with Gasteiger partial charge in [-0.15, -0.1) is 0 Å². The first-order chi connectivity index (χ1) is 9.21. The third-order valence-corrected chi connectivity index (χ3v) is 3.52. The maximum Gasteiger partial charge on any atom is 0.227 e. The molecule has 112 valence electrons. The monoisotopic (exact) mass is 277 g/mol. The van der Waals surface area contributed by atoms with E-state index in [9.17, 15) is 9.90 Å². The van der Waals surface area contributed by atoms with Crippen molar-refractivity contribution in [3.05, 3.63) is 35.4 Å². The van der Waals surface area contributed by atoms with Crippen LogP contribution < -0.4 is 5.32 Å². The van der Waals surface area contributed by atoms with E-state index < -0.39 is 0 Å². The number of nitrogens with one attached hydrogen (secondary N) is 1. The van der Waals surface area contributed by atoms with Gasteiger partial charge in [0.15, 0.2) is 0 Å². The molecule has 1 aromatic rings. The van der Waals surface area contributed by atoms with Gasteiger partial charge >= 0.3 is 0 Å². The maximum absolute atomic E-state index is 12.2. The Morgan fingerprint density at radius 3 is 2.55 bits per heavy atom. The van der Waals surface area contributed by atoms with Crippen LogP contribution in [0.15, 0.2) is 24.3 Å². The number of aliphatic hydroxyl groups excluding tert-OH is 1. The van der Waals surface area contributed by atoms with Crippen molar-refractivity contribution < 1.29 is 9.90 Å². The van der Waals surface area contributed by atoms with Crippen LogP contribution in [0.2, 0.25) is 0 Å². The second-order valence-electron chi connectivity index (χ2n) is 6.57. The molecule has 2 unspecified atom stereocenters. The van der Waals surface area contributed by atoms with Crippen molar-refractivity contribution in [1.82, 2.24) is 5.32 Å². The first-order valence-electron chi connectivity index (χ1n) is 7.23. The molecule has 0 saturated heterocycles. The summed E-state index contributed by atoms with van der Waals surface area (Å²) in [6.07, 6.45) is 0.322. The van der Waals surface area contributed by atoms with Crippen LogP contribution in [0, 0.1) is 12.3 Å². The first kappa shape index (κ1) is 16.7. The number of aryl methyl sites for hydroxylation is 1. The number of hydrogen-bond acceptors (Lipinski definition) is 2. The molecule has 0 aliphatic carbocycles. The van der Waals surface area contributed by atoms with Crippen molar-refractivity contribution in [3.8, 4) is 0 Å². The highest BCUT2D eigenvalue weighted by atomic mass is 16.3. The highest BCUT2D eigenvalue weighted by Crippen LogP contribution is 2.22. The second-order valence-corrected chi connectivity index (χ2v) is 6.57. The van der Waals surface area contributed by atoms with Crippen molar-refractivity contribution in [2.45, 2.75) is 53.1 Å². The van der Waals surface area contributed by atoms with Crippen molar-refractivity contribution in [2.24, 2.45) is 5.41 Å². The van der Waals surface area contributed by atoms with Gasteiger partial charge in [0.25, 0.3) is 0 Å². The molecule has 3 heteroatoms. The predicted molar refractivity (Wildman–Crippen MR) is 82.7 cm³/mol. The van der Waals surface area contributed by atoms with Crippen LogP contribution in [0.5, 0.6) is 0 Å². The van der Waals surface area contributed by atoms with E-state index in [0.29, 0.717) is 13.0 Å². The predicted octanol–water partition coefficient (Wildman–Crippen LogP) is 3.01. The summed E-state index contributed by atoms with van der Waals surface area (Å²) in [6, 6.07) is 8.04. The van der Waals surface area contributed by atoms with Crippen LogP contribution in [0.3, 0.4) is 0 Å². The Bertz CT molecular complexity index is 452. The number of benzene rings is 1. The van der Waals surface area contributed by atoms with Gasteiger partial charge in [-0.3, -0.25) is 4.79 Å². The third-order valence-electron chi connectivity index (χ3n) is 3.52. The molecule has 2 atom stereocenters. The minimum Gasteiger partial charge on any atom is -0.393 e. The van der Waals surface area contributed by atoms with E-state index in [1.165, 1.54) is 0 Å². The standard InChI is InChI=1S/C17H27NO2/c1-12-7-6-8-15(9-12)14(3)16(20)18-11-17(4,5)10-13(2)19/h6-9,13-14,19H,10-11H2,1-5H3,(H,18,20). The number of amides is 1. The quantitative estimate of drug-likeness (QED) is 0.839. The first-order valence-corrected chi connectivity index (χ1v) is 7.23. The summed E-state index contributed by atoms with van der Waals surface area (Å²) >= 11 is 0. The fraction of sp³-hybridized carbons (Fsp3) is 0.588. The summed E-state index contributed by atoms with van der Waals surface area (Å²) < 4.78 is 0. The largest absolute Gasteiger partial charge is 0.393 e. The molecule has 0 aromatic heterocycles. The smallest absolute Gasteiger partial charge is 0.227 e. The van der Waals surface area contributed by atoms with Gasteiger partial charge < -0.3 is 10.4 Å². The van der Waals surface area contributed by atoms with Crippen molar-refractivity contribution in [3.63, 3.8) is 0 Å². The molecule has 0 aliphatic rings. The lowest BCUT2D eigenvalue weighted by molar-refractivity contribution is -0.122. The van der Waals surface area contributed by atoms with E-state index >= 15 is 0 Å². The van der Waals surface area contributed by atoms with Crippen LogP contribution in [0.1, 0.15) is 51.2 Å². The lowest BCUT2D eigenvalue weighted by atomic mass is 9.86. The van der Waals surface area contributed by atoms with Gasteiger partial charge in [0.2, 0.25) is 5.91 Å². The van der Waals surface area contributed by atoms with E-state index in [1.54, 1.807) is 6.92 Å². The second kappa shape index (κ2) is 6.89. The van der Waals surface area contributed by atoms with E-state index in [-0.39, 0.29) is 23.3 Å². The summed E-state index contributed by atoms with van der Waals surface area (Å²) in [7, 11) is 0. The Morgan fingerprint density at radius 1 is 1.35 bits per heavy atom. The highest BCUT2D eigenvalue weighted by Gasteiger charge is 2.23. The van der Waals surface area contributed by atoms with Crippen LogP contribution in [0.4, 0.5) is 0 Å². The van der Waals surface area contributed by atoms with Crippen molar-refractivity contribution in [2.75, 3.05) is 6.54 Å². The van der Waals surface area contributed by atoms with Gasteiger partial charge in [-0.2, -0.15) is 0 Å². The van der Waals surface area contributed by atoms with Gasteiger partial charge in [-0.25, -0.2) is 0 Å². The highest BCUT2D eigenvalue weighted by molar-refractivity contribution is 5.83. The number of hydrogen-bond donors (Lipinski definition) is 2. The van der Waals surface area contributed by atoms with E-state index in [2.05, 4.69) is 19.2 Å². The van der Waals surface area contributed by atoms with Gasteiger partial charge in [0, 0.05) is 6.54 Å². The van der Waals surface area contributed by atoms with Gasteiger partial charge in [-0.05, 0) is 38.2 Å². The zero-order valence-electron chi connectivity index (χ0n) is 13.2. The molecule has 0 spiro atoms. The molecule has 0 heterocycles. The number of rotatable bonds is 6. The van der Waals surface area contributed by atoms with Crippen LogP contribution in [-0.4, -0.2) is 23.7 Å².